The number of nitrogens with one attached hydrogen (secondary N) is 2. The summed E-state index contributed by atoms with van der Waals surface area (Å²) in [5.74, 6) is -0.560. The summed E-state index contributed by atoms with van der Waals surface area (Å²) in [6.45, 7) is 1.76. The lowest BCUT2D eigenvalue weighted by Crippen LogP contribution is -2.41. The Labute approximate surface area is 106 Å². The number of amides is 1. The van der Waals surface area contributed by atoms with Crippen LogP contribution in [0.15, 0.2) is 24.3 Å². The lowest BCUT2D eigenvalue weighted by atomic mass is 10.0. The summed E-state index contributed by atoms with van der Waals surface area (Å²) in [5.41, 5.74) is 0.762. The molecule has 1 aromatic carbocycles. The van der Waals surface area contributed by atoms with Gasteiger partial charge in [-0.3, -0.25) is 15.5 Å². The largest absolute Gasteiger partial charge is 0.349 e. The molecular weight excluding hydrogens is 238 g/mol. The van der Waals surface area contributed by atoms with Crippen LogP contribution in [0.5, 0.6) is 0 Å². The molecule has 4 nitrogen and oxygen atoms in total. The van der Waals surface area contributed by atoms with Gasteiger partial charge in [0.1, 0.15) is 0 Å². The van der Waals surface area contributed by atoms with E-state index in [-0.39, 0.29) is 17.8 Å². The number of rotatable bonds is 2. The summed E-state index contributed by atoms with van der Waals surface area (Å²) in [5, 5.41) is 10.6. The summed E-state index contributed by atoms with van der Waals surface area (Å²) in [7, 11) is 3.39. The molecule has 0 heterocycles. The number of hydrogen-bond donors (Lipinski definition) is 2. The number of hydrogen-bond acceptors (Lipinski definition) is 2. The average Bonchev–Trinajstić information content (AvgIpc) is 2.28. The monoisotopic (exact) mass is 253 g/mol. The number of halogens is 1. The van der Waals surface area contributed by atoms with Crippen LogP contribution >= 0.6 is 11.6 Å². The summed E-state index contributed by atoms with van der Waals surface area (Å²) in [4.78, 5) is 13.4. The Morgan fingerprint density at radius 3 is 2.53 bits per heavy atom. The molecule has 1 rings (SSSR count). The first kappa shape index (κ1) is 13.5. The molecule has 1 atom stereocenters. The van der Waals surface area contributed by atoms with Crippen LogP contribution in [0, 0.1) is 5.41 Å². The first-order valence-electron chi connectivity index (χ1n) is 5.24. The van der Waals surface area contributed by atoms with Gasteiger partial charge in [-0.05, 0) is 18.6 Å². The minimum atomic E-state index is -0.385. The number of benzene rings is 1. The molecule has 1 amide bonds. The standard InChI is InChI=1S/C12H16ClN3O/c1-8(9-6-4-5-7-10(9)13)11(17)15-12(14)16(2)3/h4-8H,1-3H3,(H2,14,15,17). The van der Waals surface area contributed by atoms with Crippen LogP contribution in [-0.2, 0) is 4.79 Å². The molecule has 0 radical (unpaired) electrons. The minimum absolute atomic E-state index is 0.0638. The fourth-order valence-corrected chi connectivity index (χ4v) is 1.60. The van der Waals surface area contributed by atoms with Gasteiger partial charge in [0.15, 0.2) is 5.96 Å². The summed E-state index contributed by atoms with van der Waals surface area (Å²) < 4.78 is 0. The van der Waals surface area contributed by atoms with Gasteiger partial charge in [0.25, 0.3) is 0 Å². The van der Waals surface area contributed by atoms with E-state index in [2.05, 4.69) is 5.32 Å². The fourth-order valence-electron chi connectivity index (χ4n) is 1.30. The van der Waals surface area contributed by atoms with Crippen molar-refractivity contribution in [3.63, 3.8) is 0 Å². The zero-order valence-electron chi connectivity index (χ0n) is 10.1. The van der Waals surface area contributed by atoms with Crippen molar-refractivity contribution in [3.05, 3.63) is 34.9 Å². The maximum atomic E-state index is 11.9. The van der Waals surface area contributed by atoms with E-state index in [1.165, 1.54) is 4.90 Å². The Morgan fingerprint density at radius 1 is 1.41 bits per heavy atom. The molecule has 2 N–H and O–H groups in total. The summed E-state index contributed by atoms with van der Waals surface area (Å²) in [6, 6.07) is 7.21. The van der Waals surface area contributed by atoms with Crippen molar-refractivity contribution in [2.75, 3.05) is 14.1 Å². The molecule has 0 fully saturated rings. The van der Waals surface area contributed by atoms with Gasteiger partial charge < -0.3 is 4.90 Å². The first-order valence-corrected chi connectivity index (χ1v) is 5.62. The van der Waals surface area contributed by atoms with E-state index in [4.69, 9.17) is 17.0 Å². The summed E-state index contributed by atoms with van der Waals surface area (Å²) >= 11 is 6.02. The van der Waals surface area contributed by atoms with Gasteiger partial charge >= 0.3 is 0 Å². The van der Waals surface area contributed by atoms with E-state index in [1.807, 2.05) is 18.2 Å². The van der Waals surface area contributed by atoms with Crippen LogP contribution in [0.25, 0.3) is 0 Å². The van der Waals surface area contributed by atoms with E-state index < -0.39 is 0 Å². The number of nitrogens with zero attached hydrogens (tertiary/aromatic N) is 1. The third-order valence-corrected chi connectivity index (χ3v) is 2.80. The van der Waals surface area contributed by atoms with Gasteiger partial charge in [-0.25, -0.2) is 0 Å². The Bertz CT molecular complexity index is 432. The second-order valence-electron chi connectivity index (χ2n) is 3.98. The Hall–Kier alpha value is -1.55. The van der Waals surface area contributed by atoms with Crippen molar-refractivity contribution in [2.24, 2.45) is 0 Å². The molecule has 0 aromatic heterocycles. The Morgan fingerprint density at radius 2 is 2.00 bits per heavy atom. The van der Waals surface area contributed by atoms with E-state index in [0.717, 1.165) is 5.56 Å². The molecule has 0 spiro atoms. The van der Waals surface area contributed by atoms with Crippen LogP contribution in [0.4, 0.5) is 0 Å². The SMILES string of the molecule is CC(C(=O)NC(=N)N(C)C)c1ccccc1Cl. The molecule has 92 valence electrons. The smallest absolute Gasteiger partial charge is 0.233 e. The van der Waals surface area contributed by atoms with Crippen LogP contribution in [-0.4, -0.2) is 30.9 Å². The molecule has 5 heteroatoms. The third-order valence-electron chi connectivity index (χ3n) is 2.45. The van der Waals surface area contributed by atoms with E-state index in [9.17, 15) is 4.79 Å². The zero-order chi connectivity index (χ0) is 13.0. The predicted octanol–water partition coefficient (Wildman–Crippen LogP) is 2.06. The maximum Gasteiger partial charge on any atom is 0.233 e. The molecule has 17 heavy (non-hydrogen) atoms. The summed E-state index contributed by atoms with van der Waals surface area (Å²) in [6.07, 6.45) is 0. The Balaban J connectivity index is 2.77. The first-order chi connectivity index (χ1) is 7.93. The molecule has 1 unspecified atom stereocenters. The minimum Gasteiger partial charge on any atom is -0.349 e. The van der Waals surface area contributed by atoms with Crippen molar-refractivity contribution in [1.82, 2.24) is 10.2 Å². The fraction of sp³-hybridized carbons (Fsp3) is 0.333. The highest BCUT2D eigenvalue weighted by molar-refractivity contribution is 6.31. The highest BCUT2D eigenvalue weighted by Gasteiger charge is 2.18. The molecule has 0 aliphatic rings. The second-order valence-corrected chi connectivity index (χ2v) is 4.38. The predicted molar refractivity (Wildman–Crippen MR) is 69.4 cm³/mol. The quantitative estimate of drug-likeness (QED) is 0.626. The molecule has 0 aliphatic heterocycles. The zero-order valence-corrected chi connectivity index (χ0v) is 10.9. The number of carbonyl (C=O) groups excluding carboxylic acids is 1. The highest BCUT2D eigenvalue weighted by atomic mass is 35.5. The van der Waals surface area contributed by atoms with Crippen molar-refractivity contribution in [3.8, 4) is 0 Å². The van der Waals surface area contributed by atoms with Gasteiger partial charge in [0.05, 0.1) is 5.92 Å². The van der Waals surface area contributed by atoms with Gasteiger partial charge in [-0.2, -0.15) is 0 Å². The van der Waals surface area contributed by atoms with Crippen LogP contribution in [0.1, 0.15) is 18.4 Å². The lowest BCUT2D eigenvalue weighted by Gasteiger charge is -2.18. The topological polar surface area (TPSA) is 56.2 Å². The van der Waals surface area contributed by atoms with Crippen molar-refractivity contribution in [2.45, 2.75) is 12.8 Å². The van der Waals surface area contributed by atoms with Gasteiger partial charge in [-0.1, -0.05) is 29.8 Å². The van der Waals surface area contributed by atoms with Crippen LogP contribution in [0.3, 0.4) is 0 Å². The van der Waals surface area contributed by atoms with Gasteiger partial charge in [0, 0.05) is 19.1 Å². The molecule has 0 saturated carbocycles. The maximum absolute atomic E-state index is 11.9. The van der Waals surface area contributed by atoms with Crippen LogP contribution in [0.2, 0.25) is 5.02 Å². The molecule has 0 aliphatic carbocycles. The highest BCUT2D eigenvalue weighted by Crippen LogP contribution is 2.23. The average molecular weight is 254 g/mol. The van der Waals surface area contributed by atoms with E-state index >= 15 is 0 Å². The van der Waals surface area contributed by atoms with E-state index in [1.54, 1.807) is 27.1 Å². The normalized spacial score (nSPS) is 11.8. The number of guanidine groups is 1. The van der Waals surface area contributed by atoms with Crippen LogP contribution < -0.4 is 5.32 Å². The van der Waals surface area contributed by atoms with Crippen molar-refractivity contribution in [1.29, 1.82) is 5.41 Å². The molecule has 1 aromatic rings. The second kappa shape index (κ2) is 5.68. The van der Waals surface area contributed by atoms with Crippen molar-refractivity contribution >= 4 is 23.5 Å². The van der Waals surface area contributed by atoms with Gasteiger partial charge in [0.2, 0.25) is 5.91 Å². The molecule has 0 saturated heterocycles. The molecule has 0 bridgehead atoms. The lowest BCUT2D eigenvalue weighted by molar-refractivity contribution is -0.120. The third kappa shape index (κ3) is 3.46. The Kier molecular flexibility index (Phi) is 4.52. The van der Waals surface area contributed by atoms with E-state index in [0.29, 0.717) is 5.02 Å². The number of carbonyl (C=O) groups is 1. The molecular formula is C12H16ClN3O. The van der Waals surface area contributed by atoms with Gasteiger partial charge in [-0.15, -0.1) is 0 Å². The van der Waals surface area contributed by atoms with Crippen molar-refractivity contribution < 1.29 is 4.79 Å².